The summed E-state index contributed by atoms with van der Waals surface area (Å²) < 4.78 is 2.12. The molecule has 0 aliphatic carbocycles. The molecular formula is C32H39N5O2S. The van der Waals surface area contributed by atoms with E-state index in [1.54, 1.807) is 0 Å². The predicted molar refractivity (Wildman–Crippen MR) is 162 cm³/mol. The highest BCUT2D eigenvalue weighted by molar-refractivity contribution is 7.09. The third-order valence-corrected chi connectivity index (χ3v) is 7.66. The van der Waals surface area contributed by atoms with Gasteiger partial charge in [0.05, 0.1) is 13.1 Å². The number of aryl methyl sites for hydroxylation is 1. The number of amides is 2. The minimum atomic E-state index is -0.0566. The minimum absolute atomic E-state index is 0.0473. The molecule has 2 amide bonds. The molecule has 0 radical (unpaired) electrons. The molecule has 8 heteroatoms. The Labute approximate surface area is 241 Å². The third-order valence-electron chi connectivity index (χ3n) is 6.83. The molecule has 4 rings (SSSR count). The van der Waals surface area contributed by atoms with Crippen LogP contribution in [0.1, 0.15) is 56.0 Å². The average molecular weight is 558 g/mol. The summed E-state index contributed by atoms with van der Waals surface area (Å²) in [5.41, 5.74) is 4.34. The van der Waals surface area contributed by atoms with Crippen LogP contribution in [0.4, 0.5) is 0 Å². The van der Waals surface area contributed by atoms with Gasteiger partial charge in [0.25, 0.3) is 11.8 Å². The van der Waals surface area contributed by atoms with Gasteiger partial charge in [0.15, 0.2) is 0 Å². The molecule has 7 nitrogen and oxygen atoms in total. The van der Waals surface area contributed by atoms with E-state index in [2.05, 4.69) is 22.5 Å². The van der Waals surface area contributed by atoms with Crippen molar-refractivity contribution in [3.05, 3.63) is 111 Å². The van der Waals surface area contributed by atoms with Crippen LogP contribution in [0.15, 0.2) is 78.3 Å². The van der Waals surface area contributed by atoms with Gasteiger partial charge in [-0.3, -0.25) is 9.59 Å². The standard InChI is InChI=1S/C32H39N5O2S/c1-5-17-36(31(38)28-16-10-9-12-25(28)2)22-27-15-11-18-35(27)23-30-33-29(24-40-30)32(39)37(20-19-34(3)4)21-26-13-7-6-8-14-26/h6-16,18,24H,5,17,19-23H2,1-4H3. The van der Waals surface area contributed by atoms with Crippen molar-refractivity contribution in [2.75, 3.05) is 33.7 Å². The van der Waals surface area contributed by atoms with Crippen LogP contribution in [0, 0.1) is 6.92 Å². The predicted octanol–water partition coefficient (Wildman–Crippen LogP) is 5.56. The summed E-state index contributed by atoms with van der Waals surface area (Å²) in [5, 5.41) is 2.72. The summed E-state index contributed by atoms with van der Waals surface area (Å²) >= 11 is 1.50. The Kier molecular flexibility index (Phi) is 10.3. The Bertz CT molecular complexity index is 1400. The Morgan fingerprint density at radius 1 is 0.850 bits per heavy atom. The fraction of sp³-hybridized carbons (Fsp3) is 0.344. The lowest BCUT2D eigenvalue weighted by atomic mass is 10.1. The van der Waals surface area contributed by atoms with Gasteiger partial charge in [-0.05, 0) is 56.8 Å². The molecule has 0 atom stereocenters. The van der Waals surface area contributed by atoms with E-state index < -0.39 is 0 Å². The van der Waals surface area contributed by atoms with Gasteiger partial charge in [-0.25, -0.2) is 4.98 Å². The molecule has 0 N–H and O–H groups in total. The van der Waals surface area contributed by atoms with Crippen LogP contribution in [0.3, 0.4) is 0 Å². The third kappa shape index (κ3) is 7.67. The van der Waals surface area contributed by atoms with E-state index >= 15 is 0 Å². The molecule has 0 unspecified atom stereocenters. The molecule has 210 valence electrons. The highest BCUT2D eigenvalue weighted by Gasteiger charge is 2.21. The molecular weight excluding hydrogens is 518 g/mol. The zero-order valence-electron chi connectivity index (χ0n) is 23.9. The second kappa shape index (κ2) is 14.1. The first kappa shape index (κ1) is 29.2. The average Bonchev–Trinajstić information content (AvgIpc) is 3.60. The first-order valence-corrected chi connectivity index (χ1v) is 14.6. The van der Waals surface area contributed by atoms with Crippen molar-refractivity contribution in [2.24, 2.45) is 0 Å². The summed E-state index contributed by atoms with van der Waals surface area (Å²) in [6.45, 7) is 7.75. The number of carbonyl (C=O) groups excluding carboxylic acids is 2. The van der Waals surface area contributed by atoms with Crippen LogP contribution in [0.2, 0.25) is 0 Å². The smallest absolute Gasteiger partial charge is 0.273 e. The van der Waals surface area contributed by atoms with Crippen molar-refractivity contribution in [1.82, 2.24) is 24.3 Å². The topological polar surface area (TPSA) is 61.7 Å². The number of hydrogen-bond donors (Lipinski definition) is 0. The number of hydrogen-bond acceptors (Lipinski definition) is 5. The van der Waals surface area contributed by atoms with Crippen LogP contribution in [-0.4, -0.2) is 69.8 Å². The Morgan fingerprint density at radius 2 is 1.57 bits per heavy atom. The van der Waals surface area contributed by atoms with Crippen molar-refractivity contribution in [3.63, 3.8) is 0 Å². The van der Waals surface area contributed by atoms with Gasteiger partial charge in [0.2, 0.25) is 0 Å². The van der Waals surface area contributed by atoms with E-state index in [9.17, 15) is 9.59 Å². The number of thiazole rings is 1. The number of likely N-dealkylation sites (N-methyl/N-ethyl adjacent to an activating group) is 1. The van der Waals surface area contributed by atoms with Gasteiger partial charge in [-0.15, -0.1) is 11.3 Å². The van der Waals surface area contributed by atoms with Crippen LogP contribution in [0.5, 0.6) is 0 Å². The molecule has 0 fully saturated rings. The maximum absolute atomic E-state index is 13.5. The fourth-order valence-corrected chi connectivity index (χ4v) is 5.38. The molecule has 2 aromatic carbocycles. The molecule has 0 aliphatic heterocycles. The molecule has 0 saturated heterocycles. The van der Waals surface area contributed by atoms with Gasteiger partial charge in [-0.1, -0.05) is 55.5 Å². The molecule has 0 spiro atoms. The van der Waals surface area contributed by atoms with Gasteiger partial charge in [-0.2, -0.15) is 0 Å². The van der Waals surface area contributed by atoms with Crippen LogP contribution in [0.25, 0.3) is 0 Å². The molecule has 2 aromatic heterocycles. The van der Waals surface area contributed by atoms with Crippen molar-refractivity contribution in [2.45, 2.75) is 39.9 Å². The van der Waals surface area contributed by atoms with E-state index in [4.69, 9.17) is 4.98 Å². The van der Waals surface area contributed by atoms with Crippen molar-refractivity contribution >= 4 is 23.2 Å². The van der Waals surface area contributed by atoms with Gasteiger partial charge >= 0.3 is 0 Å². The molecule has 0 aliphatic rings. The van der Waals surface area contributed by atoms with E-state index in [1.165, 1.54) is 11.3 Å². The van der Waals surface area contributed by atoms with Crippen LogP contribution < -0.4 is 0 Å². The van der Waals surface area contributed by atoms with Crippen molar-refractivity contribution in [3.8, 4) is 0 Å². The lowest BCUT2D eigenvalue weighted by Crippen LogP contribution is -2.36. The van der Waals surface area contributed by atoms with Crippen molar-refractivity contribution < 1.29 is 9.59 Å². The molecule has 40 heavy (non-hydrogen) atoms. The summed E-state index contributed by atoms with van der Waals surface area (Å²) in [4.78, 5) is 37.5. The monoisotopic (exact) mass is 557 g/mol. The quantitative estimate of drug-likeness (QED) is 0.216. The maximum Gasteiger partial charge on any atom is 0.273 e. The van der Waals surface area contributed by atoms with E-state index in [1.807, 2.05) is 103 Å². The van der Waals surface area contributed by atoms with Gasteiger partial charge in [0.1, 0.15) is 10.7 Å². The minimum Gasteiger partial charge on any atom is -0.343 e. The highest BCUT2D eigenvalue weighted by atomic mass is 32.1. The van der Waals surface area contributed by atoms with E-state index in [0.29, 0.717) is 38.4 Å². The Hall–Kier alpha value is -3.75. The number of rotatable bonds is 13. The number of benzene rings is 2. The van der Waals surface area contributed by atoms with Crippen LogP contribution >= 0.6 is 11.3 Å². The van der Waals surface area contributed by atoms with E-state index in [-0.39, 0.29) is 11.8 Å². The van der Waals surface area contributed by atoms with Crippen LogP contribution in [-0.2, 0) is 19.6 Å². The summed E-state index contributed by atoms with van der Waals surface area (Å²) in [6.07, 6.45) is 2.89. The lowest BCUT2D eigenvalue weighted by molar-refractivity contribution is 0.0723. The molecule has 4 aromatic rings. The molecule has 0 saturated carbocycles. The Morgan fingerprint density at radius 3 is 2.30 bits per heavy atom. The summed E-state index contributed by atoms with van der Waals surface area (Å²) in [5.74, 6) is -0.00931. The first-order valence-electron chi connectivity index (χ1n) is 13.8. The summed E-state index contributed by atoms with van der Waals surface area (Å²) in [6, 6.07) is 21.9. The van der Waals surface area contributed by atoms with Gasteiger partial charge < -0.3 is 19.3 Å². The fourth-order valence-electron chi connectivity index (χ4n) is 4.61. The largest absolute Gasteiger partial charge is 0.343 e. The normalized spacial score (nSPS) is 11.1. The maximum atomic E-state index is 13.5. The Balaban J connectivity index is 1.47. The number of carbonyl (C=O) groups is 2. The second-order valence-electron chi connectivity index (χ2n) is 10.3. The summed E-state index contributed by atoms with van der Waals surface area (Å²) in [7, 11) is 4.02. The SMILES string of the molecule is CCCN(Cc1cccn1Cc1nc(C(=O)N(CCN(C)C)Cc2ccccc2)cs1)C(=O)c1ccccc1C. The van der Waals surface area contributed by atoms with Gasteiger partial charge in [0, 0.05) is 49.0 Å². The zero-order chi connectivity index (χ0) is 28.5. The highest BCUT2D eigenvalue weighted by Crippen LogP contribution is 2.19. The van der Waals surface area contributed by atoms with E-state index in [0.717, 1.165) is 40.4 Å². The molecule has 0 bridgehead atoms. The first-order chi connectivity index (χ1) is 19.4. The number of aromatic nitrogens is 2. The zero-order valence-corrected chi connectivity index (χ0v) is 24.7. The number of nitrogens with zero attached hydrogens (tertiary/aromatic N) is 5. The lowest BCUT2D eigenvalue weighted by Gasteiger charge is -2.24. The molecule has 2 heterocycles. The second-order valence-corrected chi connectivity index (χ2v) is 11.3. The van der Waals surface area contributed by atoms with Crippen molar-refractivity contribution in [1.29, 1.82) is 0 Å².